The normalized spacial score (nSPS) is 32.4. The van der Waals surface area contributed by atoms with Crippen molar-refractivity contribution in [1.82, 2.24) is 10.2 Å². The number of carbonyl (C=O) groups is 2. The standard InChI is InChI=1S/C11H13Cl2F3N2O2/c1-9(4-10(9,12)13)8(20)17-6-2-3-18(7(6)19)5-11(14,15)16/h6H,2-5H2,1H3,(H,17,20)/t6-,9-/m1/s1. The van der Waals surface area contributed by atoms with E-state index < -0.39 is 40.3 Å². The molecule has 1 aliphatic heterocycles. The highest BCUT2D eigenvalue weighted by Crippen LogP contribution is 2.63. The minimum absolute atomic E-state index is 0.0348. The van der Waals surface area contributed by atoms with Crippen LogP contribution >= 0.6 is 23.2 Å². The Morgan fingerprint density at radius 1 is 1.50 bits per heavy atom. The summed E-state index contributed by atoms with van der Waals surface area (Å²) in [6.07, 6.45) is -4.05. The molecule has 114 valence electrons. The van der Waals surface area contributed by atoms with Crippen LogP contribution in [0.2, 0.25) is 0 Å². The zero-order chi connectivity index (χ0) is 15.3. The van der Waals surface area contributed by atoms with E-state index in [2.05, 4.69) is 5.32 Å². The molecule has 4 nitrogen and oxygen atoms in total. The summed E-state index contributed by atoms with van der Waals surface area (Å²) in [7, 11) is 0. The van der Waals surface area contributed by atoms with Crippen molar-refractivity contribution in [3.8, 4) is 0 Å². The summed E-state index contributed by atoms with van der Waals surface area (Å²) in [6.45, 7) is 0.215. The number of carbonyl (C=O) groups excluding carboxylic acids is 2. The Balaban J connectivity index is 1.93. The SMILES string of the molecule is C[C@]1(C(=O)N[C@@H]2CCN(CC(F)(F)F)C2=O)CC1(Cl)Cl. The predicted octanol–water partition coefficient (Wildman–Crippen LogP) is 1.85. The topological polar surface area (TPSA) is 49.4 Å². The van der Waals surface area contributed by atoms with E-state index in [1.165, 1.54) is 0 Å². The highest BCUT2D eigenvalue weighted by Gasteiger charge is 2.68. The number of hydrogen-bond donors (Lipinski definition) is 1. The van der Waals surface area contributed by atoms with Gasteiger partial charge in [-0.2, -0.15) is 13.2 Å². The van der Waals surface area contributed by atoms with Crippen LogP contribution in [0.1, 0.15) is 19.8 Å². The number of hydrogen-bond acceptors (Lipinski definition) is 2. The maximum Gasteiger partial charge on any atom is 0.406 e. The summed E-state index contributed by atoms with van der Waals surface area (Å²) >= 11 is 11.7. The van der Waals surface area contributed by atoms with Gasteiger partial charge in [-0.1, -0.05) is 0 Å². The maximum atomic E-state index is 12.3. The molecule has 2 atom stereocenters. The highest BCUT2D eigenvalue weighted by atomic mass is 35.5. The molecule has 20 heavy (non-hydrogen) atoms. The van der Waals surface area contributed by atoms with Crippen LogP contribution in [-0.2, 0) is 9.59 Å². The Kier molecular flexibility index (Phi) is 3.66. The van der Waals surface area contributed by atoms with Gasteiger partial charge in [0, 0.05) is 6.54 Å². The van der Waals surface area contributed by atoms with E-state index in [1.807, 2.05) is 0 Å². The van der Waals surface area contributed by atoms with Crippen molar-refractivity contribution < 1.29 is 22.8 Å². The van der Waals surface area contributed by atoms with Crippen LogP contribution in [0.4, 0.5) is 13.2 Å². The number of alkyl halides is 5. The minimum atomic E-state index is -4.45. The molecule has 2 fully saturated rings. The lowest BCUT2D eigenvalue weighted by molar-refractivity contribution is -0.158. The summed E-state index contributed by atoms with van der Waals surface area (Å²) in [4.78, 5) is 24.4. The van der Waals surface area contributed by atoms with E-state index in [0.29, 0.717) is 4.90 Å². The average Bonchev–Trinajstić information content (AvgIpc) is 2.63. The van der Waals surface area contributed by atoms with E-state index in [-0.39, 0.29) is 19.4 Å². The van der Waals surface area contributed by atoms with Gasteiger partial charge in [0.1, 0.15) is 16.9 Å². The lowest BCUT2D eigenvalue weighted by atomic mass is 10.1. The molecule has 0 aromatic rings. The smallest absolute Gasteiger partial charge is 0.344 e. The predicted molar refractivity (Wildman–Crippen MR) is 66.3 cm³/mol. The van der Waals surface area contributed by atoms with Gasteiger partial charge < -0.3 is 10.2 Å². The quantitative estimate of drug-likeness (QED) is 0.802. The van der Waals surface area contributed by atoms with Gasteiger partial charge in [0.2, 0.25) is 11.8 Å². The van der Waals surface area contributed by atoms with Crippen molar-refractivity contribution in [2.24, 2.45) is 5.41 Å². The number of nitrogens with one attached hydrogen (secondary N) is 1. The van der Waals surface area contributed by atoms with Crippen LogP contribution in [0, 0.1) is 5.41 Å². The minimum Gasteiger partial charge on any atom is -0.344 e. The molecule has 1 saturated carbocycles. The maximum absolute atomic E-state index is 12.3. The van der Waals surface area contributed by atoms with E-state index in [0.717, 1.165) is 0 Å². The first-order valence-electron chi connectivity index (χ1n) is 6.01. The van der Waals surface area contributed by atoms with Crippen LogP contribution in [0.5, 0.6) is 0 Å². The first-order valence-corrected chi connectivity index (χ1v) is 6.76. The summed E-state index contributed by atoms with van der Waals surface area (Å²) in [5.41, 5.74) is -0.992. The summed E-state index contributed by atoms with van der Waals surface area (Å²) < 4.78 is 35.6. The highest BCUT2D eigenvalue weighted by molar-refractivity contribution is 6.53. The average molecular weight is 333 g/mol. The van der Waals surface area contributed by atoms with Crippen LogP contribution in [0.15, 0.2) is 0 Å². The third-order valence-corrected chi connectivity index (χ3v) is 4.83. The van der Waals surface area contributed by atoms with Gasteiger partial charge in [-0.3, -0.25) is 9.59 Å². The summed E-state index contributed by atoms with van der Waals surface area (Å²) in [5.74, 6) is -1.23. The summed E-state index contributed by atoms with van der Waals surface area (Å²) in [5, 5.41) is 2.44. The van der Waals surface area contributed by atoms with E-state index in [1.54, 1.807) is 6.92 Å². The van der Waals surface area contributed by atoms with E-state index >= 15 is 0 Å². The van der Waals surface area contributed by atoms with E-state index in [9.17, 15) is 22.8 Å². The van der Waals surface area contributed by atoms with Gasteiger partial charge in [-0.15, -0.1) is 23.2 Å². The molecule has 2 amide bonds. The lowest BCUT2D eigenvalue weighted by Crippen LogP contribution is -2.46. The third kappa shape index (κ3) is 2.83. The van der Waals surface area contributed by atoms with Crippen molar-refractivity contribution >= 4 is 35.0 Å². The number of likely N-dealkylation sites (tertiary alicyclic amines) is 1. The Morgan fingerprint density at radius 2 is 2.05 bits per heavy atom. The number of amides is 2. The Morgan fingerprint density at radius 3 is 2.50 bits per heavy atom. The molecule has 0 radical (unpaired) electrons. The molecule has 0 aromatic carbocycles. The Labute approximate surface area is 123 Å². The zero-order valence-corrected chi connectivity index (χ0v) is 12.1. The molecular formula is C11H13Cl2F3N2O2. The van der Waals surface area contributed by atoms with Crippen LogP contribution in [0.3, 0.4) is 0 Å². The molecule has 2 rings (SSSR count). The van der Waals surface area contributed by atoms with E-state index in [4.69, 9.17) is 23.2 Å². The fourth-order valence-corrected chi connectivity index (χ4v) is 2.92. The molecular weight excluding hydrogens is 320 g/mol. The fourth-order valence-electron chi connectivity index (χ4n) is 2.21. The summed E-state index contributed by atoms with van der Waals surface area (Å²) in [6, 6.07) is -0.939. The zero-order valence-electron chi connectivity index (χ0n) is 10.6. The molecule has 1 N–H and O–H groups in total. The second-order valence-corrected chi connectivity index (χ2v) is 6.89. The molecule has 1 saturated heterocycles. The molecule has 2 aliphatic rings. The fraction of sp³-hybridized carbons (Fsp3) is 0.818. The van der Waals surface area contributed by atoms with Crippen molar-refractivity contribution in [3.05, 3.63) is 0 Å². The van der Waals surface area contributed by atoms with Crippen LogP contribution in [0.25, 0.3) is 0 Å². The van der Waals surface area contributed by atoms with Crippen molar-refractivity contribution in [1.29, 1.82) is 0 Å². The molecule has 0 spiro atoms. The van der Waals surface area contributed by atoms with Gasteiger partial charge in [0.15, 0.2) is 0 Å². The molecule has 0 unspecified atom stereocenters. The van der Waals surface area contributed by atoms with Crippen LogP contribution < -0.4 is 5.32 Å². The van der Waals surface area contributed by atoms with Gasteiger partial charge >= 0.3 is 6.18 Å². The van der Waals surface area contributed by atoms with Gasteiger partial charge in [-0.25, -0.2) is 0 Å². The largest absolute Gasteiger partial charge is 0.406 e. The van der Waals surface area contributed by atoms with Gasteiger partial charge in [0.05, 0.1) is 5.41 Å². The Hall–Kier alpha value is -0.690. The number of halogens is 5. The molecule has 0 aromatic heterocycles. The van der Waals surface area contributed by atoms with Gasteiger partial charge in [-0.05, 0) is 19.8 Å². The first-order chi connectivity index (χ1) is 8.96. The molecule has 9 heteroatoms. The van der Waals surface area contributed by atoms with Crippen LogP contribution in [-0.4, -0.2) is 46.4 Å². The van der Waals surface area contributed by atoms with Crippen molar-refractivity contribution in [2.45, 2.75) is 36.3 Å². The number of rotatable bonds is 3. The molecule has 0 bridgehead atoms. The first kappa shape index (κ1) is 15.7. The molecule has 1 aliphatic carbocycles. The lowest BCUT2D eigenvalue weighted by Gasteiger charge is -2.20. The second kappa shape index (κ2) is 4.66. The number of nitrogens with zero attached hydrogens (tertiary/aromatic N) is 1. The second-order valence-electron chi connectivity index (χ2n) is 5.40. The van der Waals surface area contributed by atoms with Crippen molar-refractivity contribution in [2.75, 3.05) is 13.1 Å². The van der Waals surface area contributed by atoms with Crippen molar-refractivity contribution in [3.63, 3.8) is 0 Å². The van der Waals surface area contributed by atoms with Gasteiger partial charge in [0.25, 0.3) is 0 Å². The molecule has 1 heterocycles. The monoisotopic (exact) mass is 332 g/mol. The Bertz CT molecular complexity index is 455. The third-order valence-electron chi connectivity index (χ3n) is 3.73.